The molecule has 0 spiro atoms. The summed E-state index contributed by atoms with van der Waals surface area (Å²) in [6, 6.07) is 0. The van der Waals surface area contributed by atoms with Gasteiger partial charge in [0.25, 0.3) is 0 Å². The van der Waals surface area contributed by atoms with Crippen LogP contribution in [0, 0.1) is 5.92 Å². The number of hydrogen-bond donors (Lipinski definition) is 0. The van der Waals surface area contributed by atoms with E-state index in [1.54, 1.807) is 0 Å². The van der Waals surface area contributed by atoms with Gasteiger partial charge in [0.2, 0.25) is 0 Å². The molecule has 0 heterocycles. The molecule has 6 nitrogen and oxygen atoms in total. The van der Waals surface area contributed by atoms with Crippen molar-refractivity contribution in [2.24, 2.45) is 5.92 Å². The Labute approximate surface area is 291 Å². The van der Waals surface area contributed by atoms with Crippen LogP contribution in [0.4, 0.5) is 0 Å². The molecular formula is C41H78O6. The van der Waals surface area contributed by atoms with Crippen molar-refractivity contribution in [2.45, 2.75) is 226 Å². The van der Waals surface area contributed by atoms with Crippen LogP contribution in [0.1, 0.15) is 220 Å². The molecular weight excluding hydrogens is 588 g/mol. The Kier molecular flexibility index (Phi) is 34.5. The molecule has 0 aliphatic heterocycles. The molecule has 0 aromatic rings. The molecule has 0 aliphatic carbocycles. The van der Waals surface area contributed by atoms with Gasteiger partial charge in [-0.05, 0) is 25.2 Å². The van der Waals surface area contributed by atoms with E-state index >= 15 is 0 Å². The average Bonchev–Trinajstić information content (AvgIpc) is 3.07. The molecule has 0 N–H and O–H groups in total. The van der Waals surface area contributed by atoms with Gasteiger partial charge in [0, 0.05) is 19.3 Å². The Bertz CT molecular complexity index is 708. The van der Waals surface area contributed by atoms with Crippen molar-refractivity contribution in [3.8, 4) is 0 Å². The van der Waals surface area contributed by atoms with Gasteiger partial charge in [0.1, 0.15) is 13.2 Å². The van der Waals surface area contributed by atoms with Gasteiger partial charge in [-0.1, -0.05) is 182 Å². The van der Waals surface area contributed by atoms with Crippen LogP contribution in [0.3, 0.4) is 0 Å². The zero-order chi connectivity index (χ0) is 34.6. The van der Waals surface area contributed by atoms with E-state index in [0.29, 0.717) is 19.3 Å². The Hall–Kier alpha value is -1.59. The smallest absolute Gasteiger partial charge is 0.306 e. The molecule has 0 fully saturated rings. The minimum Gasteiger partial charge on any atom is -0.462 e. The van der Waals surface area contributed by atoms with E-state index in [1.807, 2.05) is 0 Å². The van der Waals surface area contributed by atoms with Gasteiger partial charge >= 0.3 is 17.9 Å². The average molecular weight is 667 g/mol. The van der Waals surface area contributed by atoms with Gasteiger partial charge in [-0.15, -0.1) is 0 Å². The molecule has 47 heavy (non-hydrogen) atoms. The lowest BCUT2D eigenvalue weighted by atomic mass is 10.00. The second-order valence-electron chi connectivity index (χ2n) is 14.2. The molecule has 0 saturated heterocycles. The third-order valence-corrected chi connectivity index (χ3v) is 9.40. The van der Waals surface area contributed by atoms with Crippen molar-refractivity contribution in [2.75, 3.05) is 13.2 Å². The summed E-state index contributed by atoms with van der Waals surface area (Å²) < 4.78 is 16.6. The maximum Gasteiger partial charge on any atom is 0.306 e. The summed E-state index contributed by atoms with van der Waals surface area (Å²) in [5, 5.41) is 0. The van der Waals surface area contributed by atoms with Crippen molar-refractivity contribution in [1.29, 1.82) is 0 Å². The van der Waals surface area contributed by atoms with Crippen LogP contribution < -0.4 is 0 Å². The zero-order valence-electron chi connectivity index (χ0n) is 31.7. The van der Waals surface area contributed by atoms with Gasteiger partial charge in [0.05, 0.1) is 0 Å². The van der Waals surface area contributed by atoms with Crippen LogP contribution in [0.2, 0.25) is 0 Å². The number of carbonyl (C=O) groups is 3. The number of unbranched alkanes of at least 4 members (excludes halogenated alkanes) is 22. The monoisotopic (exact) mass is 667 g/mol. The van der Waals surface area contributed by atoms with Gasteiger partial charge in [0.15, 0.2) is 6.10 Å². The Morgan fingerprint density at radius 3 is 1.11 bits per heavy atom. The minimum atomic E-state index is -0.757. The van der Waals surface area contributed by atoms with Crippen LogP contribution in [0.5, 0.6) is 0 Å². The summed E-state index contributed by atoms with van der Waals surface area (Å²) in [5.74, 6) is -0.0533. The molecule has 0 radical (unpaired) electrons. The largest absolute Gasteiger partial charge is 0.462 e. The number of hydrogen-bond acceptors (Lipinski definition) is 6. The number of esters is 3. The minimum absolute atomic E-state index is 0.0655. The first-order chi connectivity index (χ1) is 22.9. The van der Waals surface area contributed by atoms with Gasteiger partial charge in [-0.2, -0.15) is 0 Å². The van der Waals surface area contributed by atoms with Crippen LogP contribution in [0.15, 0.2) is 0 Å². The highest BCUT2D eigenvalue weighted by Crippen LogP contribution is 2.16. The summed E-state index contributed by atoms with van der Waals surface area (Å²) in [7, 11) is 0. The predicted molar refractivity (Wildman–Crippen MR) is 196 cm³/mol. The fraction of sp³-hybridized carbons (Fsp3) is 0.927. The van der Waals surface area contributed by atoms with E-state index in [2.05, 4.69) is 27.7 Å². The predicted octanol–water partition coefficient (Wildman–Crippen LogP) is 12.4. The van der Waals surface area contributed by atoms with Crippen molar-refractivity contribution < 1.29 is 28.6 Å². The molecule has 0 rings (SSSR count). The lowest BCUT2D eigenvalue weighted by Crippen LogP contribution is -2.30. The van der Waals surface area contributed by atoms with E-state index in [9.17, 15) is 14.4 Å². The first-order valence-electron chi connectivity index (χ1n) is 20.4. The van der Waals surface area contributed by atoms with Gasteiger partial charge in [-0.3, -0.25) is 14.4 Å². The molecule has 0 bridgehead atoms. The Morgan fingerprint density at radius 2 is 0.745 bits per heavy atom. The molecule has 2 atom stereocenters. The molecule has 6 heteroatoms. The van der Waals surface area contributed by atoms with Crippen molar-refractivity contribution in [3.05, 3.63) is 0 Å². The highest BCUT2D eigenvalue weighted by Gasteiger charge is 2.19. The van der Waals surface area contributed by atoms with Crippen molar-refractivity contribution in [3.63, 3.8) is 0 Å². The summed E-state index contributed by atoms with van der Waals surface area (Å²) in [6.45, 7) is 8.91. The van der Waals surface area contributed by atoms with Crippen LogP contribution >= 0.6 is 0 Å². The van der Waals surface area contributed by atoms with Crippen LogP contribution in [-0.4, -0.2) is 37.2 Å². The van der Waals surface area contributed by atoms with E-state index in [-0.39, 0.29) is 31.1 Å². The Balaban J connectivity index is 4.36. The summed E-state index contributed by atoms with van der Waals surface area (Å²) in [4.78, 5) is 37.4. The first kappa shape index (κ1) is 45.4. The first-order valence-corrected chi connectivity index (χ1v) is 20.4. The zero-order valence-corrected chi connectivity index (χ0v) is 31.7. The standard InChI is InChI=1S/C41H78O6/c1-5-8-10-12-14-16-18-20-26-30-34-41(44)47-38(35-45-39(42)32-28-24-19-17-15-13-11-9-6-2)36-46-40(43)33-29-25-22-21-23-27-31-37(4)7-3/h37-38H,5-36H2,1-4H3/t37?,38-/m0/s1. The molecule has 0 saturated carbocycles. The SMILES string of the molecule is CCCCCCCCCCCCC(=O)O[C@@H](COC(=O)CCCCCCCCCCC)COC(=O)CCCCCCCCC(C)CC. The fourth-order valence-corrected chi connectivity index (χ4v) is 5.89. The van der Waals surface area contributed by atoms with E-state index in [4.69, 9.17) is 14.2 Å². The summed E-state index contributed by atoms with van der Waals surface area (Å²) >= 11 is 0. The summed E-state index contributed by atoms with van der Waals surface area (Å²) in [5.41, 5.74) is 0. The molecule has 0 aromatic heterocycles. The lowest BCUT2D eigenvalue weighted by Gasteiger charge is -2.18. The van der Waals surface area contributed by atoms with E-state index in [0.717, 1.165) is 63.7 Å². The fourth-order valence-electron chi connectivity index (χ4n) is 5.89. The van der Waals surface area contributed by atoms with E-state index in [1.165, 1.54) is 116 Å². The quantitative estimate of drug-likeness (QED) is 0.0376. The third-order valence-electron chi connectivity index (χ3n) is 9.40. The topological polar surface area (TPSA) is 78.9 Å². The Morgan fingerprint density at radius 1 is 0.426 bits per heavy atom. The van der Waals surface area contributed by atoms with Crippen molar-refractivity contribution >= 4 is 17.9 Å². The maximum absolute atomic E-state index is 12.6. The van der Waals surface area contributed by atoms with Gasteiger partial charge in [-0.25, -0.2) is 0 Å². The highest BCUT2D eigenvalue weighted by atomic mass is 16.6. The number of rotatable bonds is 36. The summed E-state index contributed by atoms with van der Waals surface area (Å²) in [6.07, 6.45) is 32.3. The highest BCUT2D eigenvalue weighted by molar-refractivity contribution is 5.71. The molecule has 0 aromatic carbocycles. The number of carbonyl (C=O) groups excluding carboxylic acids is 3. The van der Waals surface area contributed by atoms with Crippen LogP contribution in [-0.2, 0) is 28.6 Å². The second kappa shape index (κ2) is 35.7. The molecule has 278 valence electrons. The second-order valence-corrected chi connectivity index (χ2v) is 14.2. The van der Waals surface area contributed by atoms with E-state index < -0.39 is 6.10 Å². The maximum atomic E-state index is 12.6. The van der Waals surface area contributed by atoms with Crippen molar-refractivity contribution in [1.82, 2.24) is 0 Å². The molecule has 1 unspecified atom stereocenters. The normalized spacial score (nSPS) is 12.5. The molecule has 0 aliphatic rings. The third kappa shape index (κ3) is 34.1. The van der Waals surface area contributed by atoms with Crippen LogP contribution in [0.25, 0.3) is 0 Å². The molecule has 0 amide bonds. The number of ether oxygens (including phenoxy) is 3. The van der Waals surface area contributed by atoms with Gasteiger partial charge < -0.3 is 14.2 Å². The lowest BCUT2D eigenvalue weighted by molar-refractivity contribution is -0.167.